The summed E-state index contributed by atoms with van der Waals surface area (Å²) in [6.07, 6.45) is -8.37. The van der Waals surface area contributed by atoms with Crippen molar-refractivity contribution in [2.45, 2.75) is 18.7 Å². The van der Waals surface area contributed by atoms with Gasteiger partial charge in [-0.15, -0.1) is 0 Å². The van der Waals surface area contributed by atoms with E-state index < -0.39 is 29.5 Å². The molecular weight excluding hydrogens is 295 g/mol. The second kappa shape index (κ2) is 5.48. The van der Waals surface area contributed by atoms with Gasteiger partial charge < -0.3 is 9.63 Å². The number of rotatable bonds is 4. The summed E-state index contributed by atoms with van der Waals surface area (Å²) in [6, 6.07) is 5.46. The molecule has 0 bridgehead atoms. The van der Waals surface area contributed by atoms with Crippen molar-refractivity contribution in [3.8, 4) is 11.4 Å². The zero-order valence-electron chi connectivity index (χ0n) is 10.2. The first-order valence-corrected chi connectivity index (χ1v) is 5.60. The molecule has 1 unspecified atom stereocenters. The van der Waals surface area contributed by atoms with Gasteiger partial charge in [0.25, 0.3) is 5.69 Å². The summed E-state index contributed by atoms with van der Waals surface area (Å²) in [7, 11) is 0. The maximum absolute atomic E-state index is 12.2. The molecule has 0 radical (unpaired) electrons. The molecule has 0 fully saturated rings. The Morgan fingerprint density at radius 2 is 2.05 bits per heavy atom. The Bertz CT molecular complexity index is 656. The highest BCUT2D eigenvalue weighted by molar-refractivity contribution is 5.67. The van der Waals surface area contributed by atoms with Gasteiger partial charge in [0.1, 0.15) is 5.56 Å². The van der Waals surface area contributed by atoms with E-state index in [1.165, 1.54) is 24.3 Å². The molecule has 1 N–H and O–H groups in total. The van der Waals surface area contributed by atoms with Crippen LogP contribution in [0.3, 0.4) is 0 Å². The molecule has 10 heteroatoms. The topological polar surface area (TPSA) is 102 Å². The van der Waals surface area contributed by atoms with E-state index in [0.717, 1.165) is 0 Å². The van der Waals surface area contributed by atoms with Crippen LogP contribution in [0, 0.1) is 10.1 Å². The molecule has 0 amide bonds. The fourth-order valence-electron chi connectivity index (χ4n) is 1.55. The Labute approximate surface area is 115 Å². The lowest BCUT2D eigenvalue weighted by Gasteiger charge is -2.11. The van der Waals surface area contributed by atoms with Crippen molar-refractivity contribution in [2.24, 2.45) is 0 Å². The van der Waals surface area contributed by atoms with Crippen LogP contribution >= 0.6 is 0 Å². The molecule has 2 aromatic rings. The van der Waals surface area contributed by atoms with E-state index in [9.17, 15) is 23.3 Å². The summed E-state index contributed by atoms with van der Waals surface area (Å²) in [5.41, 5.74) is -0.291. The first kappa shape index (κ1) is 14.9. The summed E-state index contributed by atoms with van der Waals surface area (Å²) >= 11 is 0. The highest BCUT2D eigenvalue weighted by Gasteiger charge is 2.39. The van der Waals surface area contributed by atoms with Gasteiger partial charge in [-0.25, -0.2) is 0 Å². The number of aliphatic hydroxyl groups is 1. The third kappa shape index (κ3) is 3.34. The number of para-hydroxylation sites is 1. The maximum Gasteiger partial charge on any atom is 0.414 e. The molecule has 1 atom stereocenters. The Morgan fingerprint density at radius 3 is 2.67 bits per heavy atom. The minimum absolute atomic E-state index is 0.0130. The number of aliphatic hydroxyl groups excluding tert-OH is 1. The lowest BCUT2D eigenvalue weighted by molar-refractivity contribution is -0.384. The second-order valence-corrected chi connectivity index (χ2v) is 4.05. The minimum Gasteiger partial charge on any atom is -0.383 e. The normalized spacial score (nSPS) is 13.1. The third-order valence-electron chi connectivity index (χ3n) is 2.56. The molecule has 1 heterocycles. The number of nitro benzene ring substituents is 1. The number of alkyl halides is 3. The average Bonchev–Trinajstić information content (AvgIpc) is 2.86. The fourth-order valence-corrected chi connectivity index (χ4v) is 1.55. The van der Waals surface area contributed by atoms with Crippen molar-refractivity contribution < 1.29 is 27.7 Å². The molecule has 1 aromatic carbocycles. The molecule has 0 saturated carbocycles. The van der Waals surface area contributed by atoms with Crippen molar-refractivity contribution in [1.82, 2.24) is 10.1 Å². The van der Waals surface area contributed by atoms with E-state index in [-0.39, 0.29) is 17.1 Å². The highest BCUT2D eigenvalue weighted by Crippen LogP contribution is 2.28. The van der Waals surface area contributed by atoms with Crippen molar-refractivity contribution >= 4 is 5.69 Å². The average molecular weight is 303 g/mol. The van der Waals surface area contributed by atoms with Gasteiger partial charge in [0.05, 0.1) is 11.3 Å². The lowest BCUT2D eigenvalue weighted by Crippen LogP contribution is -2.30. The van der Waals surface area contributed by atoms with Gasteiger partial charge in [0, 0.05) is 6.07 Å². The highest BCUT2D eigenvalue weighted by atomic mass is 19.4. The number of hydrogen-bond acceptors (Lipinski definition) is 6. The van der Waals surface area contributed by atoms with Gasteiger partial charge >= 0.3 is 6.18 Å². The smallest absolute Gasteiger partial charge is 0.383 e. The van der Waals surface area contributed by atoms with Crippen LogP contribution in [0.15, 0.2) is 28.8 Å². The number of halogens is 3. The summed E-state index contributed by atoms with van der Waals surface area (Å²) in [4.78, 5) is 13.8. The molecule has 0 aliphatic heterocycles. The van der Waals surface area contributed by atoms with E-state index in [1.54, 1.807) is 0 Å². The summed E-state index contributed by atoms with van der Waals surface area (Å²) in [6.45, 7) is 0. The van der Waals surface area contributed by atoms with Gasteiger partial charge in [-0.1, -0.05) is 17.3 Å². The Hall–Kier alpha value is -2.49. The standard InChI is InChI=1S/C11H8F3N3O4/c12-11(13,14)8(18)5-9-15-10(16-21-9)6-3-1-2-4-7(6)17(19)20/h1-4,8,18H,5H2. The van der Waals surface area contributed by atoms with Crippen molar-refractivity contribution in [3.05, 3.63) is 40.3 Å². The Balaban J connectivity index is 2.27. The molecular formula is C11H8F3N3O4. The first-order chi connectivity index (χ1) is 9.79. The van der Waals surface area contributed by atoms with Crippen molar-refractivity contribution in [3.63, 3.8) is 0 Å². The van der Waals surface area contributed by atoms with E-state index in [4.69, 9.17) is 5.11 Å². The Morgan fingerprint density at radius 1 is 1.38 bits per heavy atom. The molecule has 0 saturated heterocycles. The van der Waals surface area contributed by atoms with Crippen LogP contribution < -0.4 is 0 Å². The monoisotopic (exact) mass is 303 g/mol. The number of nitrogens with zero attached hydrogens (tertiary/aromatic N) is 3. The molecule has 21 heavy (non-hydrogen) atoms. The maximum atomic E-state index is 12.2. The lowest BCUT2D eigenvalue weighted by atomic mass is 10.1. The van der Waals surface area contributed by atoms with Crippen molar-refractivity contribution in [1.29, 1.82) is 0 Å². The molecule has 0 spiro atoms. The number of hydrogen-bond donors (Lipinski definition) is 1. The molecule has 2 rings (SSSR count). The van der Waals surface area contributed by atoms with Crippen LogP contribution in [-0.2, 0) is 6.42 Å². The zero-order chi connectivity index (χ0) is 15.6. The predicted octanol–water partition coefficient (Wildman–Crippen LogP) is 2.11. The molecule has 1 aromatic heterocycles. The third-order valence-corrected chi connectivity index (χ3v) is 2.56. The van der Waals surface area contributed by atoms with Crippen LogP contribution in [0.4, 0.5) is 18.9 Å². The summed E-state index contributed by atoms with van der Waals surface area (Å²) in [5.74, 6) is -0.681. The second-order valence-electron chi connectivity index (χ2n) is 4.05. The van der Waals surface area contributed by atoms with Crippen LogP contribution in [0.2, 0.25) is 0 Å². The van der Waals surface area contributed by atoms with Gasteiger partial charge in [0.15, 0.2) is 6.10 Å². The first-order valence-electron chi connectivity index (χ1n) is 5.60. The predicted molar refractivity (Wildman–Crippen MR) is 62.2 cm³/mol. The largest absolute Gasteiger partial charge is 0.414 e. The van der Waals surface area contributed by atoms with Crippen LogP contribution in [0.25, 0.3) is 11.4 Å². The van der Waals surface area contributed by atoms with Crippen LogP contribution in [-0.4, -0.2) is 32.5 Å². The molecule has 0 aliphatic rings. The summed E-state index contributed by atoms with van der Waals surface area (Å²) in [5, 5.41) is 23.1. The van der Waals surface area contributed by atoms with Gasteiger partial charge in [-0.3, -0.25) is 10.1 Å². The molecule has 7 nitrogen and oxygen atoms in total. The van der Waals surface area contributed by atoms with Crippen LogP contribution in [0.5, 0.6) is 0 Å². The summed E-state index contributed by atoms with van der Waals surface area (Å²) < 4.78 is 41.2. The van der Waals surface area contributed by atoms with Gasteiger partial charge in [0.2, 0.25) is 11.7 Å². The number of aromatic nitrogens is 2. The number of nitro groups is 1. The molecule has 112 valence electrons. The van der Waals surface area contributed by atoms with Gasteiger partial charge in [-0.05, 0) is 6.07 Å². The van der Waals surface area contributed by atoms with Crippen molar-refractivity contribution in [2.75, 3.05) is 0 Å². The van der Waals surface area contributed by atoms with Crippen LogP contribution in [0.1, 0.15) is 5.89 Å². The molecule has 0 aliphatic carbocycles. The number of benzene rings is 1. The SMILES string of the molecule is O=[N+]([O-])c1ccccc1-c1noc(CC(O)C(F)(F)F)n1. The quantitative estimate of drug-likeness (QED) is 0.685. The van der Waals surface area contributed by atoms with E-state index >= 15 is 0 Å². The fraction of sp³-hybridized carbons (Fsp3) is 0.273. The zero-order valence-corrected chi connectivity index (χ0v) is 10.2. The van der Waals surface area contributed by atoms with Gasteiger partial charge in [-0.2, -0.15) is 18.2 Å². The minimum atomic E-state index is -4.81. The van der Waals surface area contributed by atoms with E-state index in [2.05, 4.69) is 14.7 Å². The van der Waals surface area contributed by atoms with E-state index in [1.807, 2.05) is 0 Å². The van der Waals surface area contributed by atoms with E-state index in [0.29, 0.717) is 0 Å². The Kier molecular flexibility index (Phi) is 3.89.